The van der Waals surface area contributed by atoms with E-state index >= 15 is 0 Å². The molecule has 78 valence electrons. The number of halogens is 1. The zero-order valence-corrected chi connectivity index (χ0v) is 8.87. The van der Waals surface area contributed by atoms with Crippen LogP contribution in [0.15, 0.2) is 24.3 Å². The van der Waals surface area contributed by atoms with Gasteiger partial charge in [-0.25, -0.2) is 4.39 Å². The molecule has 14 heavy (non-hydrogen) atoms. The minimum absolute atomic E-state index is 0.228. The van der Waals surface area contributed by atoms with Crippen LogP contribution in [0.3, 0.4) is 0 Å². The first-order valence-electron chi connectivity index (χ1n) is 4.65. The van der Waals surface area contributed by atoms with Crippen molar-refractivity contribution in [2.45, 2.75) is 19.3 Å². The largest absolute Gasteiger partial charge is 0.346 e. The summed E-state index contributed by atoms with van der Waals surface area (Å²) in [6.45, 7) is 0. The molecule has 0 aromatic heterocycles. The molecular formula is C10H14FO2P. The second-order valence-corrected chi connectivity index (χ2v) is 4.51. The van der Waals surface area contributed by atoms with Gasteiger partial charge < -0.3 is 4.89 Å². The number of benzene rings is 1. The molecule has 0 amide bonds. The monoisotopic (exact) mass is 216 g/mol. The van der Waals surface area contributed by atoms with Crippen molar-refractivity contribution in [3.05, 3.63) is 35.6 Å². The molecule has 1 aromatic carbocycles. The standard InChI is InChI=1S/C10H14FO2P/c11-10-6-4-9(5-7-10)3-1-2-8-14(12)13/h4-7,14H,1-3,8H2,(H,12,13). The van der Waals surface area contributed by atoms with Crippen LogP contribution in [0.4, 0.5) is 4.39 Å². The summed E-state index contributed by atoms with van der Waals surface area (Å²) in [6.07, 6.45) is 2.87. The average Bonchev–Trinajstić information content (AvgIpc) is 2.15. The molecule has 0 spiro atoms. The summed E-state index contributed by atoms with van der Waals surface area (Å²) >= 11 is 0. The van der Waals surface area contributed by atoms with Gasteiger partial charge in [0, 0.05) is 6.16 Å². The van der Waals surface area contributed by atoms with Crippen LogP contribution in [0.1, 0.15) is 18.4 Å². The summed E-state index contributed by atoms with van der Waals surface area (Å²) in [5, 5.41) is 0. The number of aryl methyl sites for hydroxylation is 1. The second-order valence-electron chi connectivity index (χ2n) is 3.23. The van der Waals surface area contributed by atoms with Gasteiger partial charge in [0.25, 0.3) is 0 Å². The molecule has 0 aliphatic heterocycles. The molecule has 0 heterocycles. The molecule has 0 aliphatic carbocycles. The zero-order valence-electron chi connectivity index (χ0n) is 7.87. The van der Waals surface area contributed by atoms with E-state index in [0.717, 1.165) is 24.8 Å². The molecule has 0 bridgehead atoms. The Bertz CT molecular complexity index is 297. The number of rotatable bonds is 5. The average molecular weight is 216 g/mol. The molecule has 0 aliphatic rings. The van der Waals surface area contributed by atoms with Crippen LogP contribution in [0.25, 0.3) is 0 Å². The third kappa shape index (κ3) is 4.54. The number of unbranched alkanes of at least 4 members (excludes halogenated alkanes) is 1. The van der Waals surface area contributed by atoms with E-state index in [2.05, 4.69) is 0 Å². The summed E-state index contributed by atoms with van der Waals surface area (Å²) < 4.78 is 22.9. The van der Waals surface area contributed by atoms with E-state index in [4.69, 9.17) is 4.89 Å². The van der Waals surface area contributed by atoms with Crippen molar-refractivity contribution < 1.29 is 13.8 Å². The lowest BCUT2D eigenvalue weighted by atomic mass is 10.1. The fraction of sp³-hybridized carbons (Fsp3) is 0.400. The summed E-state index contributed by atoms with van der Waals surface area (Å²) in [7, 11) is -2.31. The normalized spacial score (nSPS) is 12.7. The molecular weight excluding hydrogens is 202 g/mol. The quantitative estimate of drug-likeness (QED) is 0.606. The molecule has 1 aromatic rings. The van der Waals surface area contributed by atoms with E-state index in [-0.39, 0.29) is 5.82 Å². The van der Waals surface area contributed by atoms with Crippen LogP contribution in [0, 0.1) is 5.82 Å². The van der Waals surface area contributed by atoms with Crippen LogP contribution in [0.5, 0.6) is 0 Å². The molecule has 0 saturated carbocycles. The third-order valence-electron chi connectivity index (χ3n) is 2.02. The molecule has 0 saturated heterocycles. The Balaban J connectivity index is 2.25. The maximum absolute atomic E-state index is 12.5. The van der Waals surface area contributed by atoms with E-state index in [1.165, 1.54) is 12.1 Å². The van der Waals surface area contributed by atoms with Gasteiger partial charge in [-0.3, -0.25) is 4.57 Å². The Hall–Kier alpha value is -0.660. The van der Waals surface area contributed by atoms with E-state index in [1.807, 2.05) is 0 Å². The highest BCUT2D eigenvalue weighted by Crippen LogP contribution is 2.16. The van der Waals surface area contributed by atoms with Crippen LogP contribution in [0.2, 0.25) is 0 Å². The highest BCUT2D eigenvalue weighted by atomic mass is 31.1. The van der Waals surface area contributed by atoms with Gasteiger partial charge in [0.05, 0.1) is 0 Å². The Morgan fingerprint density at radius 1 is 1.21 bits per heavy atom. The first kappa shape index (κ1) is 11.4. The summed E-state index contributed by atoms with van der Waals surface area (Å²) in [6, 6.07) is 6.36. The minimum atomic E-state index is -2.31. The van der Waals surface area contributed by atoms with Gasteiger partial charge in [-0.2, -0.15) is 0 Å². The predicted octanol–water partition coefficient (Wildman–Crippen LogP) is 2.62. The Labute approximate surface area is 83.6 Å². The first-order chi connectivity index (χ1) is 6.68. The van der Waals surface area contributed by atoms with Crippen LogP contribution in [-0.2, 0) is 11.0 Å². The van der Waals surface area contributed by atoms with Gasteiger partial charge in [0.1, 0.15) is 5.82 Å². The van der Waals surface area contributed by atoms with Crippen molar-refractivity contribution in [3.63, 3.8) is 0 Å². The van der Waals surface area contributed by atoms with Gasteiger partial charge in [-0.05, 0) is 37.0 Å². The van der Waals surface area contributed by atoms with Crippen molar-refractivity contribution in [3.8, 4) is 0 Å². The smallest absolute Gasteiger partial charge is 0.189 e. The second kappa shape index (κ2) is 5.94. The van der Waals surface area contributed by atoms with Gasteiger partial charge in [0.2, 0.25) is 0 Å². The predicted molar refractivity (Wildman–Crippen MR) is 55.4 cm³/mol. The lowest BCUT2D eigenvalue weighted by molar-refractivity contribution is 0.500. The number of hydrogen-bond donors (Lipinski definition) is 1. The summed E-state index contributed by atoms with van der Waals surface area (Å²) in [4.78, 5) is 8.58. The van der Waals surface area contributed by atoms with E-state index in [1.54, 1.807) is 12.1 Å². The van der Waals surface area contributed by atoms with Crippen molar-refractivity contribution in [1.82, 2.24) is 0 Å². The molecule has 1 rings (SSSR count). The number of hydrogen-bond acceptors (Lipinski definition) is 1. The van der Waals surface area contributed by atoms with Gasteiger partial charge in [-0.1, -0.05) is 12.1 Å². The lowest BCUT2D eigenvalue weighted by Gasteiger charge is -2.00. The topological polar surface area (TPSA) is 37.3 Å². The van der Waals surface area contributed by atoms with E-state index in [0.29, 0.717) is 6.16 Å². The molecule has 0 fully saturated rings. The SMILES string of the molecule is O=[PH](O)CCCCc1ccc(F)cc1. The molecule has 1 unspecified atom stereocenters. The van der Waals surface area contributed by atoms with Gasteiger partial charge in [0.15, 0.2) is 8.03 Å². The molecule has 1 atom stereocenters. The highest BCUT2D eigenvalue weighted by molar-refractivity contribution is 7.37. The van der Waals surface area contributed by atoms with Crippen LogP contribution in [-0.4, -0.2) is 11.1 Å². The van der Waals surface area contributed by atoms with Gasteiger partial charge >= 0.3 is 0 Å². The fourth-order valence-electron chi connectivity index (χ4n) is 1.26. The highest BCUT2D eigenvalue weighted by Gasteiger charge is 1.96. The molecule has 1 N–H and O–H groups in total. The molecule has 4 heteroatoms. The Morgan fingerprint density at radius 2 is 1.86 bits per heavy atom. The van der Waals surface area contributed by atoms with Crippen molar-refractivity contribution in [1.29, 1.82) is 0 Å². The Morgan fingerprint density at radius 3 is 2.43 bits per heavy atom. The molecule has 0 radical (unpaired) electrons. The van der Waals surface area contributed by atoms with Crippen molar-refractivity contribution in [2.75, 3.05) is 6.16 Å². The van der Waals surface area contributed by atoms with E-state index < -0.39 is 8.03 Å². The first-order valence-corrected chi connectivity index (χ1v) is 6.21. The zero-order chi connectivity index (χ0) is 10.4. The lowest BCUT2D eigenvalue weighted by Crippen LogP contribution is -1.87. The summed E-state index contributed by atoms with van der Waals surface area (Å²) in [5.41, 5.74) is 1.07. The van der Waals surface area contributed by atoms with Crippen molar-refractivity contribution >= 4 is 8.03 Å². The van der Waals surface area contributed by atoms with Crippen molar-refractivity contribution in [2.24, 2.45) is 0 Å². The Kier molecular flexibility index (Phi) is 4.85. The van der Waals surface area contributed by atoms with Gasteiger partial charge in [-0.15, -0.1) is 0 Å². The van der Waals surface area contributed by atoms with E-state index in [9.17, 15) is 8.96 Å². The third-order valence-corrected chi connectivity index (χ3v) is 2.80. The maximum Gasteiger partial charge on any atom is 0.189 e. The molecule has 2 nitrogen and oxygen atoms in total. The minimum Gasteiger partial charge on any atom is -0.346 e. The summed E-state index contributed by atoms with van der Waals surface area (Å²) in [5.74, 6) is -0.228. The maximum atomic E-state index is 12.5. The fourth-order valence-corrected chi connectivity index (χ4v) is 1.81. The van der Waals surface area contributed by atoms with Crippen LogP contribution < -0.4 is 0 Å². The van der Waals surface area contributed by atoms with Crippen LogP contribution >= 0.6 is 8.03 Å².